The Morgan fingerprint density at radius 3 is 2.88 bits per heavy atom. The average molecular weight is 244 g/mol. The van der Waals surface area contributed by atoms with Gasteiger partial charge in [0.15, 0.2) is 5.82 Å². The maximum absolute atomic E-state index is 5.87. The monoisotopic (exact) mass is 243 g/mol. The molecule has 90 valence electrons. The van der Waals surface area contributed by atoms with Crippen molar-refractivity contribution in [2.45, 2.75) is 45.2 Å². The lowest BCUT2D eigenvalue weighted by atomic mass is 10.2. The molecular weight excluding hydrogens is 226 g/mol. The second kappa shape index (κ2) is 5.15. The van der Waals surface area contributed by atoms with Crippen molar-refractivity contribution in [2.24, 2.45) is 5.92 Å². The fourth-order valence-electron chi connectivity index (χ4n) is 2.03. The highest BCUT2D eigenvalue weighted by Crippen LogP contribution is 2.28. The summed E-state index contributed by atoms with van der Waals surface area (Å²) in [5.41, 5.74) is 0. The van der Waals surface area contributed by atoms with Gasteiger partial charge >= 0.3 is 0 Å². The molecule has 0 N–H and O–H groups in total. The minimum Gasteiger partial charge on any atom is -0.370 e. The molecule has 1 saturated heterocycles. The van der Waals surface area contributed by atoms with Crippen LogP contribution in [-0.4, -0.2) is 21.4 Å². The Hall–Kier alpha value is -0.610. The summed E-state index contributed by atoms with van der Waals surface area (Å²) >= 11 is 5.87. The first kappa shape index (κ1) is 11.9. The summed E-state index contributed by atoms with van der Waals surface area (Å²) in [7, 11) is 0. The topological polar surface area (TPSA) is 39.9 Å². The number of alkyl halides is 1. The fourth-order valence-corrected chi connectivity index (χ4v) is 2.23. The molecule has 0 saturated carbocycles. The third kappa shape index (κ3) is 2.38. The van der Waals surface area contributed by atoms with Crippen LogP contribution >= 0.6 is 11.6 Å². The lowest BCUT2D eigenvalue weighted by Crippen LogP contribution is -2.14. The van der Waals surface area contributed by atoms with Crippen molar-refractivity contribution in [3.8, 4) is 0 Å². The van der Waals surface area contributed by atoms with Crippen LogP contribution < -0.4 is 0 Å². The Labute approximate surface area is 101 Å². The van der Waals surface area contributed by atoms with Crippen molar-refractivity contribution in [1.29, 1.82) is 0 Å². The Bertz CT molecular complexity index is 345. The van der Waals surface area contributed by atoms with Gasteiger partial charge in [-0.15, -0.1) is 21.8 Å². The average Bonchev–Trinajstić information content (AvgIpc) is 2.84. The van der Waals surface area contributed by atoms with E-state index in [1.54, 1.807) is 0 Å². The van der Waals surface area contributed by atoms with Crippen LogP contribution in [-0.2, 0) is 17.2 Å². The van der Waals surface area contributed by atoms with Gasteiger partial charge < -0.3 is 9.30 Å². The van der Waals surface area contributed by atoms with Gasteiger partial charge in [-0.1, -0.05) is 13.8 Å². The van der Waals surface area contributed by atoms with E-state index in [2.05, 4.69) is 28.6 Å². The molecule has 2 heterocycles. The standard InChI is InChI=1S/C11H18ClN3O/c1-8(2)7-15-10(6-12)13-14-11(15)9-4-3-5-16-9/h8-9H,3-7H2,1-2H3. The van der Waals surface area contributed by atoms with E-state index in [1.807, 2.05) is 0 Å². The van der Waals surface area contributed by atoms with E-state index in [0.717, 1.165) is 37.6 Å². The van der Waals surface area contributed by atoms with Crippen molar-refractivity contribution in [1.82, 2.24) is 14.8 Å². The normalized spacial score (nSPS) is 20.9. The highest BCUT2D eigenvalue weighted by atomic mass is 35.5. The molecule has 2 rings (SSSR count). The number of rotatable bonds is 4. The van der Waals surface area contributed by atoms with E-state index in [1.165, 1.54) is 0 Å². The predicted molar refractivity (Wildman–Crippen MR) is 62.3 cm³/mol. The van der Waals surface area contributed by atoms with Gasteiger partial charge in [0.25, 0.3) is 0 Å². The number of aromatic nitrogens is 3. The molecule has 0 aliphatic carbocycles. The third-order valence-corrected chi connectivity index (χ3v) is 2.98. The van der Waals surface area contributed by atoms with Crippen molar-refractivity contribution >= 4 is 11.6 Å². The molecule has 16 heavy (non-hydrogen) atoms. The Balaban J connectivity index is 2.25. The fraction of sp³-hybridized carbons (Fsp3) is 0.818. The molecule has 1 aromatic rings. The SMILES string of the molecule is CC(C)Cn1c(CCl)nnc1C1CCCO1. The van der Waals surface area contributed by atoms with Crippen LogP contribution in [0.1, 0.15) is 44.4 Å². The summed E-state index contributed by atoms with van der Waals surface area (Å²) in [5, 5.41) is 8.36. The van der Waals surface area contributed by atoms with E-state index in [-0.39, 0.29) is 6.10 Å². The maximum atomic E-state index is 5.87. The minimum absolute atomic E-state index is 0.114. The third-order valence-electron chi connectivity index (χ3n) is 2.74. The van der Waals surface area contributed by atoms with Gasteiger partial charge in [-0.2, -0.15) is 0 Å². The molecule has 1 atom stereocenters. The summed E-state index contributed by atoms with van der Waals surface area (Å²) in [6, 6.07) is 0. The number of hydrogen-bond donors (Lipinski definition) is 0. The highest BCUT2D eigenvalue weighted by Gasteiger charge is 2.25. The van der Waals surface area contributed by atoms with Gasteiger partial charge in [0, 0.05) is 13.2 Å². The molecule has 1 fully saturated rings. The van der Waals surface area contributed by atoms with Gasteiger partial charge in [-0.25, -0.2) is 0 Å². The zero-order chi connectivity index (χ0) is 11.5. The first-order chi connectivity index (χ1) is 7.72. The molecule has 0 aromatic carbocycles. The molecule has 1 aromatic heterocycles. The van der Waals surface area contributed by atoms with Crippen LogP contribution in [0.5, 0.6) is 0 Å². The second-order valence-electron chi connectivity index (χ2n) is 4.61. The molecular formula is C11H18ClN3O. The van der Waals surface area contributed by atoms with E-state index in [9.17, 15) is 0 Å². The number of ether oxygens (including phenoxy) is 1. The lowest BCUT2D eigenvalue weighted by molar-refractivity contribution is 0.101. The van der Waals surface area contributed by atoms with Crippen molar-refractivity contribution < 1.29 is 4.74 Å². The number of nitrogens with zero attached hydrogens (tertiary/aromatic N) is 3. The molecule has 0 amide bonds. The molecule has 5 heteroatoms. The zero-order valence-electron chi connectivity index (χ0n) is 9.82. The Morgan fingerprint density at radius 2 is 2.31 bits per heavy atom. The van der Waals surface area contributed by atoms with Gasteiger partial charge in [0.05, 0.1) is 5.88 Å². The van der Waals surface area contributed by atoms with Gasteiger partial charge in [0.1, 0.15) is 11.9 Å². The first-order valence-electron chi connectivity index (χ1n) is 5.82. The van der Waals surface area contributed by atoms with Crippen LogP contribution in [0.25, 0.3) is 0 Å². The highest BCUT2D eigenvalue weighted by molar-refractivity contribution is 6.16. The summed E-state index contributed by atoms with van der Waals surface area (Å²) < 4.78 is 7.77. The van der Waals surface area contributed by atoms with Gasteiger partial charge in [-0.05, 0) is 18.8 Å². The van der Waals surface area contributed by atoms with E-state index in [4.69, 9.17) is 16.3 Å². The minimum atomic E-state index is 0.114. The molecule has 0 bridgehead atoms. The van der Waals surface area contributed by atoms with Crippen molar-refractivity contribution in [2.75, 3.05) is 6.61 Å². The number of hydrogen-bond acceptors (Lipinski definition) is 3. The van der Waals surface area contributed by atoms with Crippen molar-refractivity contribution in [3.63, 3.8) is 0 Å². The molecule has 0 radical (unpaired) electrons. The Kier molecular flexibility index (Phi) is 3.82. The summed E-state index contributed by atoms with van der Waals surface area (Å²) in [4.78, 5) is 0. The zero-order valence-corrected chi connectivity index (χ0v) is 10.6. The molecule has 0 spiro atoms. The first-order valence-corrected chi connectivity index (χ1v) is 6.35. The van der Waals surface area contributed by atoms with Crippen LogP contribution in [0, 0.1) is 5.92 Å². The van der Waals surface area contributed by atoms with Gasteiger partial charge in [0.2, 0.25) is 0 Å². The molecule has 4 nitrogen and oxygen atoms in total. The molecule has 1 unspecified atom stereocenters. The molecule has 1 aliphatic heterocycles. The second-order valence-corrected chi connectivity index (χ2v) is 4.88. The summed E-state index contributed by atoms with van der Waals surface area (Å²) in [6.45, 7) is 6.09. The summed E-state index contributed by atoms with van der Waals surface area (Å²) in [6.07, 6.45) is 2.26. The van der Waals surface area contributed by atoms with E-state index in [0.29, 0.717) is 11.8 Å². The quantitative estimate of drug-likeness (QED) is 0.763. The van der Waals surface area contributed by atoms with E-state index >= 15 is 0 Å². The van der Waals surface area contributed by atoms with Crippen molar-refractivity contribution in [3.05, 3.63) is 11.6 Å². The van der Waals surface area contributed by atoms with Crippen LogP contribution in [0.4, 0.5) is 0 Å². The smallest absolute Gasteiger partial charge is 0.162 e. The van der Waals surface area contributed by atoms with Crippen LogP contribution in [0.15, 0.2) is 0 Å². The molecule has 1 aliphatic rings. The summed E-state index contributed by atoms with van der Waals surface area (Å²) in [5.74, 6) is 2.76. The van der Waals surface area contributed by atoms with Crippen LogP contribution in [0.2, 0.25) is 0 Å². The largest absolute Gasteiger partial charge is 0.370 e. The van der Waals surface area contributed by atoms with E-state index < -0.39 is 0 Å². The predicted octanol–water partition coefficient (Wildman–Crippen LogP) is 2.52. The maximum Gasteiger partial charge on any atom is 0.162 e. The Morgan fingerprint density at radius 1 is 1.50 bits per heavy atom. The van der Waals surface area contributed by atoms with Gasteiger partial charge in [-0.3, -0.25) is 0 Å². The lowest BCUT2D eigenvalue weighted by Gasteiger charge is -2.14. The van der Waals surface area contributed by atoms with Crippen LogP contribution in [0.3, 0.4) is 0 Å². The number of halogens is 1.